The van der Waals surface area contributed by atoms with Gasteiger partial charge in [0.25, 0.3) is 11.5 Å². The summed E-state index contributed by atoms with van der Waals surface area (Å²) in [5, 5.41) is 13.8. The van der Waals surface area contributed by atoms with Crippen molar-refractivity contribution in [2.75, 3.05) is 48.3 Å². The van der Waals surface area contributed by atoms with E-state index >= 15 is 4.39 Å². The van der Waals surface area contributed by atoms with Crippen LogP contribution >= 0.6 is 0 Å². The molecule has 2 aliphatic heterocycles. The molecule has 1 saturated heterocycles. The number of hydrogen-bond donors (Lipinski definition) is 2. The molecule has 1 aliphatic carbocycles. The first-order valence-electron chi connectivity index (χ1n) is 16.1. The number of hydrogen-bond acceptors (Lipinski definition) is 7. The van der Waals surface area contributed by atoms with Crippen LogP contribution in [0.5, 0.6) is 0 Å². The SMILES string of the molecule is C[C@H]1CN(c2ccc(Nc3cc(-c4cc(F)cc(N5CCn6c(cc7c6CCCC7)C5=O)c4CO)cn(C)c3=O)nc2)CCN1C. The number of carbonyl (C=O) groups is 1. The molecule has 0 bridgehead atoms. The van der Waals surface area contributed by atoms with Crippen molar-refractivity contribution in [1.82, 2.24) is 19.0 Å². The minimum absolute atomic E-state index is 0.199. The normalized spacial score (nSPS) is 18.5. The Bertz CT molecular complexity index is 1870. The highest BCUT2D eigenvalue weighted by Crippen LogP contribution is 2.37. The van der Waals surface area contributed by atoms with Gasteiger partial charge in [0.15, 0.2) is 0 Å². The predicted molar refractivity (Wildman–Crippen MR) is 178 cm³/mol. The molecule has 5 heterocycles. The molecule has 1 amide bonds. The van der Waals surface area contributed by atoms with E-state index in [1.165, 1.54) is 28.0 Å². The zero-order valence-electron chi connectivity index (χ0n) is 26.6. The number of amides is 1. The van der Waals surface area contributed by atoms with Gasteiger partial charge < -0.3 is 34.3 Å². The number of fused-ring (bicyclic) bond motifs is 3. The Morgan fingerprint density at radius 3 is 2.61 bits per heavy atom. The first kappa shape index (κ1) is 30.2. The van der Waals surface area contributed by atoms with Crippen LogP contribution in [0.4, 0.5) is 27.3 Å². The lowest BCUT2D eigenvalue weighted by Gasteiger charge is -2.38. The number of carbonyl (C=O) groups excluding carboxylic acids is 1. The largest absolute Gasteiger partial charge is 0.392 e. The molecule has 3 aromatic heterocycles. The van der Waals surface area contributed by atoms with E-state index in [-0.39, 0.29) is 17.2 Å². The van der Waals surface area contributed by atoms with Crippen molar-refractivity contribution in [2.45, 2.75) is 51.8 Å². The summed E-state index contributed by atoms with van der Waals surface area (Å²) in [5.41, 5.74) is 5.79. The monoisotopic (exact) mass is 625 g/mol. The highest BCUT2D eigenvalue weighted by molar-refractivity contribution is 6.07. The van der Waals surface area contributed by atoms with Crippen LogP contribution in [0.25, 0.3) is 11.1 Å². The fourth-order valence-electron chi connectivity index (χ4n) is 7.17. The number of aryl methyl sites for hydroxylation is 2. The number of nitrogens with zero attached hydrogens (tertiary/aromatic N) is 6. The molecule has 0 radical (unpaired) electrons. The Kier molecular flexibility index (Phi) is 7.90. The van der Waals surface area contributed by atoms with Crippen molar-refractivity contribution in [2.24, 2.45) is 7.05 Å². The Morgan fingerprint density at radius 1 is 1.02 bits per heavy atom. The van der Waals surface area contributed by atoms with Crippen LogP contribution in [0.2, 0.25) is 0 Å². The number of anilines is 4. The van der Waals surface area contributed by atoms with Crippen molar-refractivity contribution in [3.8, 4) is 11.1 Å². The van der Waals surface area contributed by atoms with Crippen molar-refractivity contribution < 1.29 is 14.3 Å². The van der Waals surface area contributed by atoms with E-state index in [9.17, 15) is 14.7 Å². The summed E-state index contributed by atoms with van der Waals surface area (Å²) < 4.78 is 18.9. The fourth-order valence-corrected chi connectivity index (χ4v) is 7.17. The number of halogens is 1. The van der Waals surface area contributed by atoms with Crippen molar-refractivity contribution >= 4 is 28.8 Å². The number of rotatable bonds is 6. The topological polar surface area (TPSA) is 98.9 Å². The Hall–Kier alpha value is -4.48. The van der Waals surface area contributed by atoms with Gasteiger partial charge in [-0.1, -0.05) is 0 Å². The Labute approximate surface area is 267 Å². The van der Waals surface area contributed by atoms with Crippen LogP contribution in [0.15, 0.2) is 53.6 Å². The average Bonchev–Trinajstić information content (AvgIpc) is 3.44. The number of aromatic nitrogens is 3. The third kappa shape index (κ3) is 5.37. The van der Waals surface area contributed by atoms with E-state index in [1.54, 1.807) is 30.4 Å². The van der Waals surface area contributed by atoms with E-state index < -0.39 is 12.4 Å². The van der Waals surface area contributed by atoms with Crippen LogP contribution in [-0.2, 0) is 33.0 Å². The quantitative estimate of drug-likeness (QED) is 0.330. The summed E-state index contributed by atoms with van der Waals surface area (Å²) in [6.07, 6.45) is 7.58. The second-order valence-electron chi connectivity index (χ2n) is 12.8. The number of likely N-dealkylation sites (N-methyl/N-ethyl adjacent to an activating group) is 1. The van der Waals surface area contributed by atoms with Gasteiger partial charge in [-0.05, 0) is 87.2 Å². The fraction of sp³-hybridized carbons (Fsp3) is 0.400. The maximum Gasteiger partial charge on any atom is 0.274 e. The molecule has 1 fully saturated rings. The number of benzene rings is 1. The van der Waals surface area contributed by atoms with Gasteiger partial charge in [0.05, 0.1) is 24.2 Å². The van der Waals surface area contributed by atoms with Gasteiger partial charge in [0.2, 0.25) is 0 Å². The first-order chi connectivity index (χ1) is 22.2. The molecule has 1 atom stereocenters. The van der Waals surface area contributed by atoms with Crippen molar-refractivity contribution in [3.05, 3.63) is 87.5 Å². The molecule has 1 aromatic carbocycles. The van der Waals surface area contributed by atoms with Gasteiger partial charge in [-0.25, -0.2) is 9.37 Å². The lowest BCUT2D eigenvalue weighted by molar-refractivity contribution is 0.0964. The van der Waals surface area contributed by atoms with Gasteiger partial charge in [-0.2, -0.15) is 0 Å². The van der Waals surface area contributed by atoms with Crippen molar-refractivity contribution in [1.29, 1.82) is 0 Å². The highest BCUT2D eigenvalue weighted by atomic mass is 19.1. The van der Waals surface area contributed by atoms with E-state index in [2.05, 4.69) is 38.6 Å². The molecule has 2 N–H and O–H groups in total. The van der Waals surface area contributed by atoms with Gasteiger partial charge >= 0.3 is 0 Å². The van der Waals surface area contributed by atoms with E-state index in [0.29, 0.717) is 53.0 Å². The minimum atomic E-state index is -0.533. The predicted octanol–water partition coefficient (Wildman–Crippen LogP) is 4.30. The summed E-state index contributed by atoms with van der Waals surface area (Å²) >= 11 is 0. The van der Waals surface area contributed by atoms with E-state index in [4.69, 9.17) is 0 Å². The van der Waals surface area contributed by atoms with Crippen LogP contribution in [0, 0.1) is 5.82 Å². The Balaban J connectivity index is 1.20. The lowest BCUT2D eigenvalue weighted by Crippen LogP contribution is -2.50. The third-order valence-electron chi connectivity index (χ3n) is 9.89. The molecule has 4 aromatic rings. The summed E-state index contributed by atoms with van der Waals surface area (Å²) in [6, 6.07) is 10.6. The molecule has 240 valence electrons. The smallest absolute Gasteiger partial charge is 0.274 e. The summed E-state index contributed by atoms with van der Waals surface area (Å²) in [6.45, 7) is 5.58. The molecule has 0 unspecified atom stereocenters. The van der Waals surface area contributed by atoms with Crippen molar-refractivity contribution in [3.63, 3.8) is 0 Å². The maximum atomic E-state index is 15.3. The molecule has 0 saturated carbocycles. The molecule has 7 rings (SSSR count). The molecule has 10 nitrogen and oxygen atoms in total. The van der Waals surface area contributed by atoms with Gasteiger partial charge in [0, 0.05) is 68.8 Å². The van der Waals surface area contributed by atoms with Crippen LogP contribution in [0.1, 0.15) is 47.1 Å². The average molecular weight is 626 g/mol. The van der Waals surface area contributed by atoms with E-state index in [1.807, 2.05) is 18.2 Å². The second-order valence-corrected chi connectivity index (χ2v) is 12.8. The standard InChI is InChI=1S/C35H40FN7O3/c1-22-19-41(11-10-39(22)2)26-8-9-33(37-18-26)38-29-14-24(20-40(3)34(29)45)27-16-25(36)17-31(28(27)21-44)43-13-12-42-30-7-5-4-6-23(30)15-32(42)35(43)46/h8-9,14-18,20,22,44H,4-7,10-13,19,21H2,1-3H3,(H,37,38)/t22-/m0/s1. The lowest BCUT2D eigenvalue weighted by atomic mass is 9.97. The molecule has 11 heteroatoms. The summed E-state index contributed by atoms with van der Waals surface area (Å²) in [4.78, 5) is 37.8. The zero-order valence-corrected chi connectivity index (χ0v) is 26.6. The van der Waals surface area contributed by atoms with E-state index in [0.717, 1.165) is 51.0 Å². The van der Waals surface area contributed by atoms with Crippen LogP contribution in [0.3, 0.4) is 0 Å². The first-order valence-corrected chi connectivity index (χ1v) is 16.1. The minimum Gasteiger partial charge on any atom is -0.392 e. The molecule has 46 heavy (non-hydrogen) atoms. The number of nitrogens with one attached hydrogen (secondary N) is 1. The van der Waals surface area contributed by atoms with Gasteiger partial charge in [-0.3, -0.25) is 9.59 Å². The number of aliphatic hydroxyl groups excluding tert-OH is 1. The molecular weight excluding hydrogens is 585 g/mol. The summed E-state index contributed by atoms with van der Waals surface area (Å²) in [5.74, 6) is -0.225. The summed E-state index contributed by atoms with van der Waals surface area (Å²) in [7, 11) is 3.76. The number of pyridine rings is 2. The maximum absolute atomic E-state index is 15.3. The highest BCUT2D eigenvalue weighted by Gasteiger charge is 2.32. The number of aliphatic hydroxyl groups is 1. The third-order valence-corrected chi connectivity index (χ3v) is 9.89. The number of piperazine rings is 1. The zero-order chi connectivity index (χ0) is 32.1. The molecule has 0 spiro atoms. The molecular formula is C35H40FN7O3. The Morgan fingerprint density at radius 2 is 1.85 bits per heavy atom. The van der Waals surface area contributed by atoms with Crippen LogP contribution < -0.4 is 20.7 Å². The molecule has 3 aliphatic rings. The second kappa shape index (κ2) is 12.0. The van der Waals surface area contributed by atoms with Gasteiger partial charge in [0.1, 0.15) is 23.0 Å². The van der Waals surface area contributed by atoms with Crippen LogP contribution in [-0.4, -0.2) is 69.3 Å². The van der Waals surface area contributed by atoms with Gasteiger partial charge in [-0.15, -0.1) is 0 Å².